The van der Waals surface area contributed by atoms with E-state index in [1.54, 1.807) is 14.2 Å². The second-order valence-electron chi connectivity index (χ2n) is 8.01. The third-order valence-electron chi connectivity index (χ3n) is 5.82. The SMILES string of the molecule is COc1cc(OCc2ccccc2-c2ccccc2C#N)cc(OC)c1CNCC1CC(=O)N1. The van der Waals surface area contributed by atoms with Crippen LogP contribution in [0.1, 0.15) is 23.1 Å². The molecule has 0 aliphatic carbocycles. The quantitative estimate of drug-likeness (QED) is 0.450. The molecule has 34 heavy (non-hydrogen) atoms. The number of nitriles is 1. The molecule has 3 aromatic carbocycles. The Morgan fingerprint density at radius 3 is 2.32 bits per heavy atom. The van der Waals surface area contributed by atoms with E-state index in [9.17, 15) is 10.1 Å². The van der Waals surface area contributed by atoms with Crippen molar-refractivity contribution in [3.63, 3.8) is 0 Å². The number of carbonyl (C=O) groups excluding carboxylic acids is 1. The zero-order valence-corrected chi connectivity index (χ0v) is 19.3. The fourth-order valence-corrected chi connectivity index (χ4v) is 4.03. The van der Waals surface area contributed by atoms with Gasteiger partial charge in [-0.1, -0.05) is 42.5 Å². The Hall–Kier alpha value is -4.02. The lowest BCUT2D eigenvalue weighted by molar-refractivity contribution is -0.128. The molecule has 0 saturated carbocycles. The average Bonchev–Trinajstić information content (AvgIpc) is 2.86. The van der Waals surface area contributed by atoms with Crippen molar-refractivity contribution in [3.8, 4) is 34.4 Å². The molecule has 1 aliphatic rings. The van der Waals surface area contributed by atoms with E-state index in [2.05, 4.69) is 16.7 Å². The number of amides is 1. The first kappa shape index (κ1) is 23.1. The second kappa shape index (κ2) is 10.7. The highest BCUT2D eigenvalue weighted by molar-refractivity contribution is 5.82. The lowest BCUT2D eigenvalue weighted by atomic mass is 9.96. The van der Waals surface area contributed by atoms with Crippen molar-refractivity contribution in [3.05, 3.63) is 77.4 Å². The molecule has 7 nitrogen and oxygen atoms in total. The number of carbonyl (C=O) groups is 1. The number of nitrogens with zero attached hydrogens (tertiary/aromatic N) is 1. The second-order valence-corrected chi connectivity index (χ2v) is 8.01. The molecule has 0 aromatic heterocycles. The summed E-state index contributed by atoms with van der Waals surface area (Å²) in [4.78, 5) is 11.1. The fourth-order valence-electron chi connectivity index (χ4n) is 4.03. The van der Waals surface area contributed by atoms with Crippen LogP contribution in [0.25, 0.3) is 11.1 Å². The molecule has 7 heteroatoms. The van der Waals surface area contributed by atoms with E-state index < -0.39 is 0 Å². The summed E-state index contributed by atoms with van der Waals surface area (Å²) in [6.45, 7) is 1.53. The van der Waals surface area contributed by atoms with E-state index in [-0.39, 0.29) is 11.9 Å². The Morgan fingerprint density at radius 1 is 1.03 bits per heavy atom. The highest BCUT2D eigenvalue weighted by Crippen LogP contribution is 2.35. The predicted molar refractivity (Wildman–Crippen MR) is 129 cm³/mol. The molecule has 3 aromatic rings. The van der Waals surface area contributed by atoms with Crippen LogP contribution >= 0.6 is 0 Å². The smallest absolute Gasteiger partial charge is 0.222 e. The van der Waals surface area contributed by atoms with E-state index in [0.717, 1.165) is 22.3 Å². The van der Waals surface area contributed by atoms with Crippen molar-refractivity contribution in [1.82, 2.24) is 10.6 Å². The number of β-lactam (4-membered cyclic amide) rings is 1. The molecule has 1 aliphatic heterocycles. The molecule has 4 rings (SSSR count). The van der Waals surface area contributed by atoms with Gasteiger partial charge in [-0.2, -0.15) is 5.26 Å². The van der Waals surface area contributed by atoms with Gasteiger partial charge in [0.1, 0.15) is 23.9 Å². The van der Waals surface area contributed by atoms with Crippen LogP contribution in [-0.2, 0) is 17.9 Å². The van der Waals surface area contributed by atoms with Gasteiger partial charge in [-0.25, -0.2) is 0 Å². The Bertz CT molecular complexity index is 1190. The van der Waals surface area contributed by atoms with E-state index in [1.165, 1.54) is 0 Å². The minimum atomic E-state index is 0.0844. The minimum absolute atomic E-state index is 0.0844. The van der Waals surface area contributed by atoms with Crippen LogP contribution in [-0.4, -0.2) is 32.7 Å². The molecule has 0 spiro atoms. The summed E-state index contributed by atoms with van der Waals surface area (Å²) in [5, 5.41) is 15.7. The van der Waals surface area contributed by atoms with Crippen molar-refractivity contribution in [2.45, 2.75) is 25.6 Å². The van der Waals surface area contributed by atoms with Gasteiger partial charge in [0.25, 0.3) is 0 Å². The van der Waals surface area contributed by atoms with Crippen molar-refractivity contribution >= 4 is 5.91 Å². The highest BCUT2D eigenvalue weighted by Gasteiger charge is 2.24. The maximum Gasteiger partial charge on any atom is 0.222 e. The van der Waals surface area contributed by atoms with Crippen LogP contribution in [0.3, 0.4) is 0 Å². The number of hydrogen-bond acceptors (Lipinski definition) is 6. The van der Waals surface area contributed by atoms with Gasteiger partial charge in [0.2, 0.25) is 5.91 Å². The third-order valence-corrected chi connectivity index (χ3v) is 5.82. The zero-order chi connectivity index (χ0) is 23.9. The Balaban J connectivity index is 1.50. The van der Waals surface area contributed by atoms with Crippen LogP contribution in [0, 0.1) is 11.3 Å². The topological polar surface area (TPSA) is 92.6 Å². The Labute approximate surface area is 199 Å². The van der Waals surface area contributed by atoms with E-state index in [1.807, 2.05) is 60.7 Å². The lowest BCUT2D eigenvalue weighted by Crippen LogP contribution is -2.53. The Morgan fingerprint density at radius 2 is 1.68 bits per heavy atom. The van der Waals surface area contributed by atoms with E-state index in [4.69, 9.17) is 14.2 Å². The largest absolute Gasteiger partial charge is 0.496 e. The van der Waals surface area contributed by atoms with Crippen LogP contribution < -0.4 is 24.8 Å². The van der Waals surface area contributed by atoms with Crippen molar-refractivity contribution in [2.75, 3.05) is 20.8 Å². The summed E-state index contributed by atoms with van der Waals surface area (Å²) in [7, 11) is 3.23. The number of ether oxygens (including phenoxy) is 3. The molecule has 2 N–H and O–H groups in total. The molecule has 174 valence electrons. The van der Waals surface area contributed by atoms with Crippen molar-refractivity contribution < 1.29 is 19.0 Å². The van der Waals surface area contributed by atoms with Crippen LogP contribution in [0.2, 0.25) is 0 Å². The number of methoxy groups -OCH3 is 2. The summed E-state index contributed by atoms with van der Waals surface area (Å²) in [5.74, 6) is 2.01. The van der Waals surface area contributed by atoms with Gasteiger partial charge in [0.15, 0.2) is 0 Å². The van der Waals surface area contributed by atoms with Gasteiger partial charge in [0, 0.05) is 31.6 Å². The number of hydrogen-bond donors (Lipinski definition) is 2. The summed E-state index contributed by atoms with van der Waals surface area (Å²) in [5.41, 5.74) is 4.31. The monoisotopic (exact) mass is 457 g/mol. The summed E-state index contributed by atoms with van der Waals surface area (Å²) in [6, 6.07) is 21.6. The summed E-state index contributed by atoms with van der Waals surface area (Å²) >= 11 is 0. The molecule has 1 saturated heterocycles. The minimum Gasteiger partial charge on any atom is -0.496 e. The van der Waals surface area contributed by atoms with Crippen LogP contribution in [0.4, 0.5) is 0 Å². The van der Waals surface area contributed by atoms with Gasteiger partial charge < -0.3 is 24.8 Å². The van der Waals surface area contributed by atoms with Gasteiger partial charge in [0.05, 0.1) is 37.5 Å². The van der Waals surface area contributed by atoms with Crippen molar-refractivity contribution in [2.24, 2.45) is 0 Å². The van der Waals surface area contributed by atoms with Crippen LogP contribution in [0.15, 0.2) is 60.7 Å². The molecule has 0 radical (unpaired) electrons. The predicted octanol–water partition coefficient (Wildman–Crippen LogP) is 3.80. The third kappa shape index (κ3) is 5.13. The first-order valence-electron chi connectivity index (χ1n) is 11.1. The van der Waals surface area contributed by atoms with Crippen molar-refractivity contribution in [1.29, 1.82) is 5.26 Å². The molecule has 1 fully saturated rings. The zero-order valence-electron chi connectivity index (χ0n) is 19.3. The summed E-state index contributed by atoms with van der Waals surface area (Å²) in [6.07, 6.45) is 0.550. The molecule has 0 bridgehead atoms. The molecular formula is C27H27N3O4. The highest BCUT2D eigenvalue weighted by atomic mass is 16.5. The number of rotatable bonds is 10. The summed E-state index contributed by atoms with van der Waals surface area (Å²) < 4.78 is 17.4. The lowest BCUT2D eigenvalue weighted by Gasteiger charge is -2.27. The fraction of sp³-hybridized carbons (Fsp3) is 0.259. The van der Waals surface area contributed by atoms with E-state index >= 15 is 0 Å². The maximum absolute atomic E-state index is 11.1. The molecule has 1 atom stereocenters. The van der Waals surface area contributed by atoms with Gasteiger partial charge >= 0.3 is 0 Å². The average molecular weight is 458 g/mol. The molecule has 1 amide bonds. The first-order valence-corrected chi connectivity index (χ1v) is 11.1. The standard InChI is InChI=1S/C27H27N3O4/c1-32-25-12-21(13-26(33-2)24(25)16-29-15-20-11-27(31)30-20)34-17-19-8-4-6-10-23(19)22-9-5-3-7-18(22)14-28/h3-10,12-13,20,29H,11,15-17H2,1-2H3,(H,30,31). The molecule has 1 unspecified atom stereocenters. The van der Waals surface area contributed by atoms with E-state index in [0.29, 0.717) is 48.9 Å². The number of benzene rings is 3. The Kier molecular flexibility index (Phi) is 7.31. The van der Waals surface area contributed by atoms with Gasteiger partial charge in [-0.15, -0.1) is 0 Å². The number of nitrogens with one attached hydrogen (secondary N) is 2. The maximum atomic E-state index is 11.1. The molecule has 1 heterocycles. The molecular weight excluding hydrogens is 430 g/mol. The first-order chi connectivity index (χ1) is 16.6. The normalized spacial score (nSPS) is 14.5. The van der Waals surface area contributed by atoms with Gasteiger partial charge in [-0.3, -0.25) is 4.79 Å². The van der Waals surface area contributed by atoms with Gasteiger partial charge in [-0.05, 0) is 22.8 Å². The van der Waals surface area contributed by atoms with Crippen LogP contribution in [0.5, 0.6) is 17.2 Å².